The highest BCUT2D eigenvalue weighted by atomic mass is 16.6. The predicted octanol–water partition coefficient (Wildman–Crippen LogP) is 3.15. The standard InChI is InChI=1S/C15H12N4O2/c20-19(21)13-5-6-14-11(9-13)4-7-15(18-14)17-10-12-3-1-2-8-16-12/h1-9H,10H2,(H,17,18). The minimum Gasteiger partial charge on any atom is -0.364 e. The van der Waals surface area contributed by atoms with E-state index >= 15 is 0 Å². The van der Waals surface area contributed by atoms with E-state index in [0.717, 1.165) is 11.1 Å². The maximum absolute atomic E-state index is 10.7. The molecule has 0 saturated heterocycles. The second-order valence-corrected chi connectivity index (χ2v) is 4.51. The molecule has 0 saturated carbocycles. The van der Waals surface area contributed by atoms with Crippen LogP contribution in [-0.4, -0.2) is 14.9 Å². The largest absolute Gasteiger partial charge is 0.364 e. The molecule has 0 radical (unpaired) electrons. The van der Waals surface area contributed by atoms with Gasteiger partial charge in [-0.05, 0) is 30.3 Å². The molecule has 0 fully saturated rings. The lowest BCUT2D eigenvalue weighted by Crippen LogP contribution is -2.02. The molecule has 0 atom stereocenters. The van der Waals surface area contributed by atoms with Crippen molar-refractivity contribution in [2.24, 2.45) is 0 Å². The smallest absolute Gasteiger partial charge is 0.270 e. The minimum atomic E-state index is -0.410. The van der Waals surface area contributed by atoms with E-state index in [2.05, 4.69) is 15.3 Å². The number of anilines is 1. The number of nitro benzene ring substituents is 1. The Labute approximate surface area is 120 Å². The van der Waals surface area contributed by atoms with E-state index < -0.39 is 4.92 Å². The monoisotopic (exact) mass is 280 g/mol. The van der Waals surface area contributed by atoms with Crippen LogP contribution >= 0.6 is 0 Å². The third-order valence-electron chi connectivity index (χ3n) is 3.06. The lowest BCUT2D eigenvalue weighted by molar-refractivity contribution is -0.384. The van der Waals surface area contributed by atoms with Crippen LogP contribution in [0.5, 0.6) is 0 Å². The summed E-state index contributed by atoms with van der Waals surface area (Å²) in [5.74, 6) is 0.710. The maximum Gasteiger partial charge on any atom is 0.270 e. The van der Waals surface area contributed by atoms with Crippen LogP contribution in [0.15, 0.2) is 54.7 Å². The summed E-state index contributed by atoms with van der Waals surface area (Å²) in [6.45, 7) is 0.576. The Morgan fingerprint density at radius 2 is 2.05 bits per heavy atom. The fraction of sp³-hybridized carbons (Fsp3) is 0.0667. The van der Waals surface area contributed by atoms with Crippen LogP contribution < -0.4 is 5.32 Å². The molecule has 6 heteroatoms. The Morgan fingerprint density at radius 1 is 1.14 bits per heavy atom. The zero-order chi connectivity index (χ0) is 14.7. The molecular formula is C15H12N4O2. The average Bonchev–Trinajstić information content (AvgIpc) is 2.53. The van der Waals surface area contributed by atoms with Gasteiger partial charge in [0.15, 0.2) is 0 Å². The minimum absolute atomic E-state index is 0.0681. The topological polar surface area (TPSA) is 81.0 Å². The van der Waals surface area contributed by atoms with E-state index in [1.807, 2.05) is 24.3 Å². The summed E-state index contributed by atoms with van der Waals surface area (Å²) in [4.78, 5) is 19.0. The van der Waals surface area contributed by atoms with Gasteiger partial charge in [0, 0.05) is 23.7 Å². The van der Waals surface area contributed by atoms with E-state index in [9.17, 15) is 10.1 Å². The summed E-state index contributed by atoms with van der Waals surface area (Å²) >= 11 is 0. The van der Waals surface area contributed by atoms with E-state index in [4.69, 9.17) is 0 Å². The second kappa shape index (κ2) is 5.54. The van der Waals surface area contributed by atoms with Gasteiger partial charge < -0.3 is 5.32 Å². The van der Waals surface area contributed by atoms with Crippen molar-refractivity contribution in [2.75, 3.05) is 5.32 Å². The molecule has 0 amide bonds. The van der Waals surface area contributed by atoms with Crippen molar-refractivity contribution >= 4 is 22.4 Å². The Morgan fingerprint density at radius 3 is 2.81 bits per heavy atom. The van der Waals surface area contributed by atoms with Gasteiger partial charge in [-0.15, -0.1) is 0 Å². The van der Waals surface area contributed by atoms with E-state index in [1.54, 1.807) is 18.3 Å². The zero-order valence-electron chi connectivity index (χ0n) is 11.1. The summed E-state index contributed by atoms with van der Waals surface area (Å²) in [6, 6.07) is 14.0. The number of nitrogens with one attached hydrogen (secondary N) is 1. The SMILES string of the molecule is O=[N+]([O-])c1ccc2nc(NCc3ccccn3)ccc2c1. The van der Waals surface area contributed by atoms with E-state index in [1.165, 1.54) is 12.1 Å². The molecule has 1 aromatic carbocycles. The lowest BCUT2D eigenvalue weighted by Gasteiger charge is -2.06. The van der Waals surface area contributed by atoms with Gasteiger partial charge in [-0.25, -0.2) is 4.98 Å². The van der Waals surface area contributed by atoms with Gasteiger partial charge in [0.2, 0.25) is 0 Å². The normalized spacial score (nSPS) is 10.5. The number of pyridine rings is 2. The number of fused-ring (bicyclic) bond motifs is 1. The van der Waals surface area contributed by atoms with Crippen molar-refractivity contribution in [2.45, 2.75) is 6.54 Å². The number of benzene rings is 1. The van der Waals surface area contributed by atoms with Crippen LogP contribution in [0.4, 0.5) is 11.5 Å². The van der Waals surface area contributed by atoms with Crippen LogP contribution in [0.3, 0.4) is 0 Å². The van der Waals surface area contributed by atoms with E-state index in [0.29, 0.717) is 17.9 Å². The van der Waals surface area contributed by atoms with Crippen molar-refractivity contribution in [1.82, 2.24) is 9.97 Å². The molecule has 0 aliphatic carbocycles. The molecule has 0 unspecified atom stereocenters. The van der Waals surface area contributed by atoms with Crippen LogP contribution in [0.25, 0.3) is 10.9 Å². The average molecular weight is 280 g/mol. The first kappa shape index (κ1) is 13.0. The van der Waals surface area contributed by atoms with Crippen molar-refractivity contribution in [1.29, 1.82) is 0 Å². The number of non-ortho nitro benzene ring substituents is 1. The number of hydrogen-bond acceptors (Lipinski definition) is 5. The van der Waals surface area contributed by atoms with Crippen LogP contribution in [0.2, 0.25) is 0 Å². The highest BCUT2D eigenvalue weighted by Gasteiger charge is 2.07. The number of nitro groups is 1. The Bertz CT molecular complexity index is 790. The van der Waals surface area contributed by atoms with Gasteiger partial charge in [-0.2, -0.15) is 0 Å². The molecule has 3 aromatic rings. The Balaban J connectivity index is 1.81. The van der Waals surface area contributed by atoms with Gasteiger partial charge in [-0.3, -0.25) is 15.1 Å². The third kappa shape index (κ3) is 2.94. The molecule has 1 N–H and O–H groups in total. The number of hydrogen-bond donors (Lipinski definition) is 1. The second-order valence-electron chi connectivity index (χ2n) is 4.51. The first-order valence-corrected chi connectivity index (χ1v) is 6.41. The number of aromatic nitrogens is 2. The van der Waals surface area contributed by atoms with Crippen LogP contribution in [0.1, 0.15) is 5.69 Å². The highest BCUT2D eigenvalue weighted by molar-refractivity contribution is 5.82. The summed E-state index contributed by atoms with van der Waals surface area (Å²) in [6.07, 6.45) is 1.74. The number of nitrogens with zero attached hydrogens (tertiary/aromatic N) is 3. The fourth-order valence-electron chi connectivity index (χ4n) is 2.01. The summed E-state index contributed by atoms with van der Waals surface area (Å²) in [5.41, 5.74) is 1.70. The fourth-order valence-corrected chi connectivity index (χ4v) is 2.01. The Hall–Kier alpha value is -3.02. The molecule has 0 spiro atoms. The molecule has 0 aliphatic heterocycles. The summed E-state index contributed by atoms with van der Waals surface area (Å²) in [7, 11) is 0. The molecule has 0 bridgehead atoms. The highest BCUT2D eigenvalue weighted by Crippen LogP contribution is 2.21. The van der Waals surface area contributed by atoms with Gasteiger partial charge >= 0.3 is 0 Å². The summed E-state index contributed by atoms with van der Waals surface area (Å²) < 4.78 is 0. The molecule has 2 aromatic heterocycles. The number of rotatable bonds is 4. The lowest BCUT2D eigenvalue weighted by atomic mass is 10.2. The van der Waals surface area contributed by atoms with Gasteiger partial charge in [0.25, 0.3) is 5.69 Å². The zero-order valence-corrected chi connectivity index (χ0v) is 11.1. The van der Waals surface area contributed by atoms with Gasteiger partial charge in [-0.1, -0.05) is 6.07 Å². The van der Waals surface area contributed by atoms with Crippen LogP contribution in [-0.2, 0) is 6.54 Å². The molecule has 21 heavy (non-hydrogen) atoms. The molecule has 0 aliphatic rings. The predicted molar refractivity (Wildman–Crippen MR) is 80.0 cm³/mol. The maximum atomic E-state index is 10.7. The molecular weight excluding hydrogens is 268 g/mol. The van der Waals surface area contributed by atoms with Crippen LogP contribution in [0, 0.1) is 10.1 Å². The molecule has 3 rings (SSSR count). The van der Waals surface area contributed by atoms with Crippen molar-refractivity contribution in [3.05, 3.63) is 70.5 Å². The molecule has 104 valence electrons. The first-order valence-electron chi connectivity index (χ1n) is 6.41. The van der Waals surface area contributed by atoms with Gasteiger partial charge in [0.05, 0.1) is 22.7 Å². The van der Waals surface area contributed by atoms with Gasteiger partial charge in [0.1, 0.15) is 5.82 Å². The third-order valence-corrected chi connectivity index (χ3v) is 3.06. The molecule has 2 heterocycles. The van der Waals surface area contributed by atoms with Crippen molar-refractivity contribution in [3.8, 4) is 0 Å². The Kier molecular flexibility index (Phi) is 3.42. The van der Waals surface area contributed by atoms with E-state index in [-0.39, 0.29) is 5.69 Å². The quantitative estimate of drug-likeness (QED) is 0.586. The van der Waals surface area contributed by atoms with Crippen molar-refractivity contribution in [3.63, 3.8) is 0 Å². The first-order chi connectivity index (χ1) is 10.2. The van der Waals surface area contributed by atoms with Crippen molar-refractivity contribution < 1.29 is 4.92 Å². The summed E-state index contributed by atoms with van der Waals surface area (Å²) in [5, 5.41) is 14.7. The molecule has 6 nitrogen and oxygen atoms in total.